The van der Waals surface area contributed by atoms with Crippen LogP contribution in [-0.2, 0) is 4.79 Å². The summed E-state index contributed by atoms with van der Waals surface area (Å²) in [6, 6.07) is 9.36. The molecule has 3 unspecified atom stereocenters. The zero-order chi connectivity index (χ0) is 18.1. The Morgan fingerprint density at radius 1 is 1.20 bits per heavy atom. The zero-order valence-corrected chi connectivity index (χ0v) is 16.2. The van der Waals surface area contributed by atoms with Crippen molar-refractivity contribution in [2.24, 2.45) is 17.8 Å². The first kappa shape index (κ1) is 19.8. The highest BCUT2D eigenvalue weighted by Crippen LogP contribution is 2.35. The van der Waals surface area contributed by atoms with Crippen LogP contribution in [0, 0.1) is 17.8 Å². The van der Waals surface area contributed by atoms with Crippen molar-refractivity contribution in [3.63, 3.8) is 0 Å². The molecule has 2 heteroatoms. The molecule has 2 rings (SSSR count). The summed E-state index contributed by atoms with van der Waals surface area (Å²) >= 11 is 0. The van der Waals surface area contributed by atoms with Gasteiger partial charge in [0.05, 0.1) is 0 Å². The molecule has 0 saturated carbocycles. The third kappa shape index (κ3) is 6.68. The van der Waals surface area contributed by atoms with Crippen molar-refractivity contribution in [3.05, 3.63) is 42.0 Å². The van der Waals surface area contributed by atoms with E-state index in [0.717, 1.165) is 24.7 Å². The molecule has 0 aliphatic heterocycles. The molecule has 0 saturated heterocycles. The lowest BCUT2D eigenvalue weighted by molar-refractivity contribution is -0.134. The van der Waals surface area contributed by atoms with Crippen molar-refractivity contribution >= 4 is 5.97 Å². The van der Waals surface area contributed by atoms with E-state index in [4.69, 9.17) is 4.74 Å². The first-order valence-corrected chi connectivity index (χ1v) is 10.1. The number of carbonyl (C=O) groups excluding carboxylic acids is 1. The van der Waals surface area contributed by atoms with Gasteiger partial charge >= 0.3 is 5.97 Å². The van der Waals surface area contributed by atoms with Crippen LogP contribution in [0.15, 0.2) is 42.0 Å². The normalized spacial score (nSPS) is 19.8. The second-order valence-corrected chi connectivity index (χ2v) is 7.60. The minimum atomic E-state index is -0.115. The SMILES string of the molecule is CCC(C)CC1CC=C(C(CC)CCC(=O)Oc2ccccc2)CC1. The van der Waals surface area contributed by atoms with Crippen LogP contribution in [0.25, 0.3) is 0 Å². The highest BCUT2D eigenvalue weighted by Gasteiger charge is 2.21. The van der Waals surface area contributed by atoms with Crippen molar-refractivity contribution in [2.45, 2.75) is 72.1 Å². The summed E-state index contributed by atoms with van der Waals surface area (Å²) < 4.78 is 5.41. The van der Waals surface area contributed by atoms with Crippen LogP contribution >= 0.6 is 0 Å². The molecule has 1 aliphatic carbocycles. The monoisotopic (exact) mass is 342 g/mol. The Labute approximate surface area is 153 Å². The molecule has 0 radical (unpaired) electrons. The molecule has 138 valence electrons. The average molecular weight is 343 g/mol. The van der Waals surface area contributed by atoms with Gasteiger partial charge in [0.25, 0.3) is 0 Å². The molecule has 0 bridgehead atoms. The van der Waals surface area contributed by atoms with Crippen molar-refractivity contribution in [2.75, 3.05) is 0 Å². The molecule has 1 aromatic carbocycles. The van der Waals surface area contributed by atoms with E-state index in [1.54, 1.807) is 5.57 Å². The minimum Gasteiger partial charge on any atom is -0.427 e. The predicted octanol–water partition coefficient (Wildman–Crippen LogP) is 6.56. The minimum absolute atomic E-state index is 0.115. The lowest BCUT2D eigenvalue weighted by atomic mass is 9.78. The molecular formula is C23H34O2. The Bertz CT molecular complexity index is 546. The van der Waals surface area contributed by atoms with Crippen molar-refractivity contribution < 1.29 is 9.53 Å². The van der Waals surface area contributed by atoms with Gasteiger partial charge in [-0.05, 0) is 68.4 Å². The van der Waals surface area contributed by atoms with Crippen LogP contribution in [0.3, 0.4) is 0 Å². The first-order valence-electron chi connectivity index (χ1n) is 10.1. The maximum atomic E-state index is 12.1. The fourth-order valence-electron chi connectivity index (χ4n) is 3.84. The van der Waals surface area contributed by atoms with E-state index in [0.29, 0.717) is 18.1 Å². The van der Waals surface area contributed by atoms with Crippen molar-refractivity contribution in [3.8, 4) is 5.75 Å². The molecule has 0 amide bonds. The summed E-state index contributed by atoms with van der Waals surface area (Å²) in [4.78, 5) is 12.1. The summed E-state index contributed by atoms with van der Waals surface area (Å²) in [7, 11) is 0. The summed E-state index contributed by atoms with van der Waals surface area (Å²) in [5, 5.41) is 0. The highest BCUT2D eigenvalue weighted by atomic mass is 16.5. The van der Waals surface area contributed by atoms with Crippen LogP contribution < -0.4 is 4.74 Å². The molecule has 25 heavy (non-hydrogen) atoms. The lowest BCUT2D eigenvalue weighted by Crippen LogP contribution is -2.16. The van der Waals surface area contributed by atoms with Crippen molar-refractivity contribution in [1.29, 1.82) is 0 Å². The Balaban J connectivity index is 1.79. The molecule has 0 aromatic heterocycles. The van der Waals surface area contributed by atoms with Gasteiger partial charge in [-0.1, -0.05) is 57.0 Å². The topological polar surface area (TPSA) is 26.3 Å². The lowest BCUT2D eigenvalue weighted by Gasteiger charge is -2.28. The van der Waals surface area contributed by atoms with E-state index >= 15 is 0 Å². The molecule has 0 heterocycles. The quantitative estimate of drug-likeness (QED) is 0.288. The van der Waals surface area contributed by atoms with Gasteiger partial charge in [-0.3, -0.25) is 4.79 Å². The first-order chi connectivity index (χ1) is 12.1. The second-order valence-electron chi connectivity index (χ2n) is 7.60. The number of benzene rings is 1. The van der Waals surface area contributed by atoms with E-state index in [1.165, 1.54) is 32.1 Å². The van der Waals surface area contributed by atoms with Gasteiger partial charge in [-0.2, -0.15) is 0 Å². The van der Waals surface area contributed by atoms with Gasteiger partial charge in [-0.25, -0.2) is 0 Å². The van der Waals surface area contributed by atoms with Crippen LogP contribution in [0.1, 0.15) is 72.1 Å². The average Bonchev–Trinajstić information content (AvgIpc) is 2.64. The number of hydrogen-bond donors (Lipinski definition) is 0. The summed E-state index contributed by atoms with van der Waals surface area (Å²) in [5.74, 6) is 2.77. The van der Waals surface area contributed by atoms with Crippen molar-refractivity contribution in [1.82, 2.24) is 0 Å². The van der Waals surface area contributed by atoms with Crippen LogP contribution in [0.2, 0.25) is 0 Å². The zero-order valence-electron chi connectivity index (χ0n) is 16.2. The van der Waals surface area contributed by atoms with Crippen LogP contribution in [0.4, 0.5) is 0 Å². The van der Waals surface area contributed by atoms with E-state index in [9.17, 15) is 4.79 Å². The predicted molar refractivity (Wildman–Crippen MR) is 105 cm³/mol. The Morgan fingerprint density at radius 2 is 1.96 bits per heavy atom. The molecule has 3 atom stereocenters. The maximum absolute atomic E-state index is 12.1. The fourth-order valence-corrected chi connectivity index (χ4v) is 3.84. The van der Waals surface area contributed by atoms with Gasteiger partial charge in [0, 0.05) is 6.42 Å². The van der Waals surface area contributed by atoms with Crippen LogP contribution in [0.5, 0.6) is 5.75 Å². The smallest absolute Gasteiger partial charge is 0.311 e. The number of carbonyl (C=O) groups is 1. The molecule has 0 N–H and O–H groups in total. The Hall–Kier alpha value is -1.57. The standard InChI is InChI=1S/C23H34O2/c1-4-18(3)17-19-11-13-21(14-12-19)20(5-2)15-16-23(24)25-22-9-7-6-8-10-22/h6-10,13,18-20H,4-5,11-12,14-17H2,1-3H3. The summed E-state index contributed by atoms with van der Waals surface area (Å²) in [5.41, 5.74) is 1.58. The maximum Gasteiger partial charge on any atom is 0.311 e. The largest absolute Gasteiger partial charge is 0.427 e. The van der Waals surface area contributed by atoms with Gasteiger partial charge in [-0.15, -0.1) is 0 Å². The van der Waals surface area contributed by atoms with Crippen LogP contribution in [-0.4, -0.2) is 5.97 Å². The van der Waals surface area contributed by atoms with E-state index < -0.39 is 0 Å². The molecule has 1 aliphatic rings. The van der Waals surface area contributed by atoms with Gasteiger partial charge in [0.15, 0.2) is 0 Å². The Morgan fingerprint density at radius 3 is 2.56 bits per heavy atom. The highest BCUT2D eigenvalue weighted by molar-refractivity contribution is 5.72. The fraction of sp³-hybridized carbons (Fsp3) is 0.609. The molecule has 0 spiro atoms. The molecule has 1 aromatic rings. The van der Waals surface area contributed by atoms with E-state index in [-0.39, 0.29) is 5.97 Å². The molecule has 0 fully saturated rings. The molecular weight excluding hydrogens is 308 g/mol. The summed E-state index contributed by atoms with van der Waals surface area (Å²) in [6.45, 7) is 6.89. The van der Waals surface area contributed by atoms with E-state index in [1.807, 2.05) is 30.3 Å². The number of allylic oxidation sites excluding steroid dienone is 2. The van der Waals surface area contributed by atoms with Gasteiger partial charge < -0.3 is 4.74 Å². The van der Waals surface area contributed by atoms with E-state index in [2.05, 4.69) is 26.8 Å². The second kappa shape index (κ2) is 10.4. The number of ether oxygens (including phenoxy) is 1. The number of esters is 1. The number of hydrogen-bond acceptors (Lipinski definition) is 2. The van der Waals surface area contributed by atoms with Gasteiger partial charge in [0.2, 0.25) is 0 Å². The van der Waals surface area contributed by atoms with Gasteiger partial charge in [0.1, 0.15) is 5.75 Å². The number of para-hydroxylation sites is 1. The third-order valence-electron chi connectivity index (χ3n) is 5.68. The molecule has 2 nitrogen and oxygen atoms in total. The Kier molecular flexibility index (Phi) is 8.24. The number of rotatable bonds is 9. The summed E-state index contributed by atoms with van der Waals surface area (Å²) in [6.07, 6.45) is 11.4. The third-order valence-corrected chi connectivity index (χ3v) is 5.68.